The molecule has 6 heteroatoms. The van der Waals surface area contributed by atoms with Crippen molar-refractivity contribution in [2.24, 2.45) is 0 Å². The average Bonchev–Trinajstić information content (AvgIpc) is 2.74. The summed E-state index contributed by atoms with van der Waals surface area (Å²) in [6, 6.07) is 6.70. The Labute approximate surface area is 120 Å². The van der Waals surface area contributed by atoms with Crippen LogP contribution < -0.4 is 0 Å². The molecule has 0 aliphatic rings. The van der Waals surface area contributed by atoms with Crippen molar-refractivity contribution in [2.45, 2.75) is 0 Å². The quantitative estimate of drug-likeness (QED) is 0.587. The molecule has 2 aromatic heterocycles. The first-order valence-electron chi connectivity index (χ1n) is 5.01. The first kappa shape index (κ1) is 12.0. The molecule has 0 saturated heterocycles. The fourth-order valence-electron chi connectivity index (χ4n) is 1.68. The van der Waals surface area contributed by atoms with Crippen LogP contribution >= 0.6 is 38.9 Å². The molecule has 1 aromatic carbocycles. The van der Waals surface area contributed by atoms with E-state index in [9.17, 15) is 4.39 Å². The van der Waals surface area contributed by atoms with Crippen LogP contribution in [0.1, 0.15) is 0 Å². The number of fused-ring (bicyclic) bond motifs is 1. The maximum Gasteiger partial charge on any atom is 0.150 e. The molecule has 3 aromatic rings. The molecule has 90 valence electrons. The molecule has 0 N–H and O–H groups in total. The molecule has 0 unspecified atom stereocenters. The third-order valence-electron chi connectivity index (χ3n) is 2.48. The van der Waals surface area contributed by atoms with Gasteiger partial charge in [0.15, 0.2) is 0 Å². The fraction of sp³-hybridized carbons (Fsp3) is 0. The van der Waals surface area contributed by atoms with E-state index in [0.717, 1.165) is 15.1 Å². The van der Waals surface area contributed by atoms with Gasteiger partial charge in [0.2, 0.25) is 0 Å². The monoisotopic (exact) mass is 342 g/mol. The number of thiophene rings is 1. The summed E-state index contributed by atoms with van der Waals surface area (Å²) in [4.78, 5) is 8.82. The van der Waals surface area contributed by atoms with Gasteiger partial charge in [-0.3, -0.25) is 0 Å². The topological polar surface area (TPSA) is 25.8 Å². The van der Waals surface area contributed by atoms with Crippen LogP contribution in [0.2, 0.25) is 5.15 Å². The highest BCUT2D eigenvalue weighted by Crippen LogP contribution is 2.39. The van der Waals surface area contributed by atoms with Gasteiger partial charge in [-0.25, -0.2) is 14.4 Å². The molecule has 0 aliphatic heterocycles. The molecule has 0 saturated carbocycles. The third-order valence-corrected chi connectivity index (χ3v) is 4.68. The van der Waals surface area contributed by atoms with Crippen LogP contribution in [0, 0.1) is 5.82 Å². The summed E-state index contributed by atoms with van der Waals surface area (Å²) in [6.45, 7) is 0. The Balaban J connectivity index is 2.30. The summed E-state index contributed by atoms with van der Waals surface area (Å²) in [6.07, 6.45) is 1.40. The predicted octanol–water partition coefficient (Wildman–Crippen LogP) is 4.91. The van der Waals surface area contributed by atoms with Gasteiger partial charge in [-0.2, -0.15) is 0 Å². The van der Waals surface area contributed by atoms with Crippen LogP contribution in [0.3, 0.4) is 0 Å². The lowest BCUT2D eigenvalue weighted by Crippen LogP contribution is -1.82. The van der Waals surface area contributed by atoms with E-state index < -0.39 is 0 Å². The number of aromatic nitrogens is 2. The zero-order valence-corrected chi connectivity index (χ0v) is 12.0. The number of halogens is 3. The highest BCUT2D eigenvalue weighted by atomic mass is 79.9. The molecule has 2 heterocycles. The van der Waals surface area contributed by atoms with Gasteiger partial charge in [0, 0.05) is 14.9 Å². The molecule has 0 spiro atoms. The summed E-state index contributed by atoms with van der Waals surface area (Å²) in [5.41, 5.74) is 1.25. The van der Waals surface area contributed by atoms with E-state index in [4.69, 9.17) is 11.6 Å². The van der Waals surface area contributed by atoms with Crippen molar-refractivity contribution in [1.29, 1.82) is 0 Å². The summed E-state index contributed by atoms with van der Waals surface area (Å²) >= 11 is 10.7. The SMILES string of the molecule is Fc1cccc(Br)c1-c1cc2ncnc(Cl)c2s1. The molecule has 0 atom stereocenters. The Morgan fingerprint density at radius 2 is 2.11 bits per heavy atom. The first-order chi connectivity index (χ1) is 8.66. The maximum atomic E-state index is 13.9. The van der Waals surface area contributed by atoms with Crippen molar-refractivity contribution in [2.75, 3.05) is 0 Å². The lowest BCUT2D eigenvalue weighted by Gasteiger charge is -2.02. The molecular formula is C12H5BrClFN2S. The highest BCUT2D eigenvalue weighted by Gasteiger charge is 2.14. The van der Waals surface area contributed by atoms with Crippen LogP contribution in [0.15, 0.2) is 35.1 Å². The zero-order chi connectivity index (χ0) is 12.7. The van der Waals surface area contributed by atoms with Gasteiger partial charge in [0.25, 0.3) is 0 Å². The number of hydrogen-bond acceptors (Lipinski definition) is 3. The molecule has 0 aliphatic carbocycles. The molecule has 2 nitrogen and oxygen atoms in total. The summed E-state index contributed by atoms with van der Waals surface area (Å²) in [7, 11) is 0. The largest absolute Gasteiger partial charge is 0.235 e. The minimum Gasteiger partial charge on any atom is -0.235 e. The third kappa shape index (κ3) is 1.92. The van der Waals surface area contributed by atoms with E-state index in [2.05, 4.69) is 25.9 Å². The van der Waals surface area contributed by atoms with Crippen molar-refractivity contribution < 1.29 is 4.39 Å². The lowest BCUT2D eigenvalue weighted by molar-refractivity contribution is 0.631. The Morgan fingerprint density at radius 3 is 2.83 bits per heavy atom. The summed E-state index contributed by atoms with van der Waals surface area (Å²) < 4.78 is 15.3. The lowest BCUT2D eigenvalue weighted by atomic mass is 10.2. The molecule has 0 amide bonds. The van der Waals surface area contributed by atoms with Gasteiger partial charge < -0.3 is 0 Å². The van der Waals surface area contributed by atoms with E-state index in [1.807, 2.05) is 6.07 Å². The van der Waals surface area contributed by atoms with Gasteiger partial charge in [0.1, 0.15) is 17.3 Å². The van der Waals surface area contributed by atoms with Crippen LogP contribution in [0.5, 0.6) is 0 Å². The summed E-state index contributed by atoms with van der Waals surface area (Å²) in [5, 5.41) is 0.392. The number of rotatable bonds is 1. The van der Waals surface area contributed by atoms with Crippen molar-refractivity contribution in [3.8, 4) is 10.4 Å². The van der Waals surface area contributed by atoms with Gasteiger partial charge in [-0.15, -0.1) is 11.3 Å². The minimum atomic E-state index is -0.278. The van der Waals surface area contributed by atoms with Gasteiger partial charge in [0.05, 0.1) is 10.2 Å². The molecule has 18 heavy (non-hydrogen) atoms. The normalized spacial score (nSPS) is 11.1. The fourth-order valence-corrected chi connectivity index (χ4v) is 3.68. The van der Waals surface area contributed by atoms with E-state index in [0.29, 0.717) is 15.2 Å². The average molecular weight is 344 g/mol. The predicted molar refractivity (Wildman–Crippen MR) is 75.5 cm³/mol. The van der Waals surface area contributed by atoms with Crippen LogP contribution in [0.4, 0.5) is 4.39 Å². The van der Waals surface area contributed by atoms with Crippen molar-refractivity contribution in [1.82, 2.24) is 9.97 Å². The number of benzene rings is 1. The first-order valence-corrected chi connectivity index (χ1v) is 7.00. The Hall–Kier alpha value is -1.04. The molecule has 0 radical (unpaired) electrons. The second-order valence-corrected chi connectivity index (χ2v) is 5.85. The molecular weight excluding hydrogens is 339 g/mol. The Bertz CT molecular complexity index is 724. The maximum absolute atomic E-state index is 13.9. The van der Waals surface area contributed by atoms with Crippen LogP contribution in [-0.2, 0) is 0 Å². The van der Waals surface area contributed by atoms with Gasteiger partial charge >= 0.3 is 0 Å². The van der Waals surface area contributed by atoms with Gasteiger partial charge in [-0.1, -0.05) is 33.6 Å². The van der Waals surface area contributed by atoms with Crippen molar-refractivity contribution in [3.63, 3.8) is 0 Å². The number of hydrogen-bond donors (Lipinski definition) is 0. The summed E-state index contributed by atoms with van der Waals surface area (Å²) in [5.74, 6) is -0.278. The van der Waals surface area contributed by atoms with E-state index in [1.54, 1.807) is 12.1 Å². The molecule has 0 fully saturated rings. The molecule has 0 bridgehead atoms. The highest BCUT2D eigenvalue weighted by molar-refractivity contribution is 9.10. The van der Waals surface area contributed by atoms with Crippen LogP contribution in [0.25, 0.3) is 20.7 Å². The van der Waals surface area contributed by atoms with E-state index >= 15 is 0 Å². The second kappa shape index (κ2) is 4.57. The second-order valence-electron chi connectivity index (χ2n) is 3.59. The van der Waals surface area contributed by atoms with Crippen LogP contribution in [-0.4, -0.2) is 9.97 Å². The van der Waals surface area contributed by atoms with Crippen molar-refractivity contribution >= 4 is 49.1 Å². The van der Waals surface area contributed by atoms with E-state index in [-0.39, 0.29) is 5.82 Å². The van der Waals surface area contributed by atoms with E-state index in [1.165, 1.54) is 23.7 Å². The standard InChI is InChI=1S/C12H5BrClFN2S/c13-6-2-1-3-7(15)10(6)9-4-8-11(18-9)12(14)17-5-16-8/h1-5H. The Morgan fingerprint density at radius 1 is 1.28 bits per heavy atom. The Kier molecular flexibility index (Phi) is 3.05. The molecule has 3 rings (SSSR count). The minimum absolute atomic E-state index is 0.278. The van der Waals surface area contributed by atoms with Gasteiger partial charge in [-0.05, 0) is 18.2 Å². The van der Waals surface area contributed by atoms with Crippen molar-refractivity contribution in [3.05, 3.63) is 46.0 Å². The smallest absolute Gasteiger partial charge is 0.150 e. The number of nitrogens with zero attached hydrogens (tertiary/aromatic N) is 2. The zero-order valence-electron chi connectivity index (χ0n) is 8.82.